The fraction of sp³-hybridized carbons (Fsp3) is 0.250. The van der Waals surface area contributed by atoms with Crippen molar-refractivity contribution in [1.29, 1.82) is 0 Å². The third-order valence-electron chi connectivity index (χ3n) is 2.37. The van der Waals surface area contributed by atoms with E-state index < -0.39 is 0 Å². The molecule has 2 aromatic rings. The first-order chi connectivity index (χ1) is 8.72. The Balaban J connectivity index is 2.05. The Morgan fingerprint density at radius 3 is 2.89 bits per heavy atom. The second-order valence-corrected chi connectivity index (χ2v) is 4.83. The number of methoxy groups -OCH3 is 1. The van der Waals surface area contributed by atoms with Crippen molar-refractivity contribution in [3.63, 3.8) is 0 Å². The number of benzene rings is 1. The number of aromatic nitrogens is 1. The molecule has 0 amide bonds. The van der Waals surface area contributed by atoms with Gasteiger partial charge in [0.15, 0.2) is 16.6 Å². The van der Waals surface area contributed by atoms with Crippen LogP contribution in [-0.4, -0.2) is 12.1 Å². The minimum atomic E-state index is 0.443. The fourth-order valence-corrected chi connectivity index (χ4v) is 2.12. The fourth-order valence-electron chi connectivity index (χ4n) is 1.48. The zero-order valence-electron chi connectivity index (χ0n) is 10.3. The number of hydrogen-bond acceptors (Lipinski definition) is 6. The van der Waals surface area contributed by atoms with Gasteiger partial charge in [0.1, 0.15) is 6.61 Å². The molecule has 1 aromatic carbocycles. The van der Waals surface area contributed by atoms with Crippen molar-refractivity contribution in [3.05, 3.63) is 34.8 Å². The standard InChI is InChI=1S/C12H15N3O2S/c1-8-3-4-10(11(5-8)16-2)17-7-9-6-14-12(15-13)18-9/h3-6H,7,13H2,1-2H3,(H,14,15). The number of thiazole rings is 1. The Morgan fingerprint density at radius 1 is 1.39 bits per heavy atom. The van der Waals surface area contributed by atoms with Gasteiger partial charge < -0.3 is 9.47 Å². The first kappa shape index (κ1) is 12.7. The van der Waals surface area contributed by atoms with Crippen LogP contribution in [-0.2, 0) is 6.61 Å². The average Bonchev–Trinajstić information content (AvgIpc) is 2.85. The molecule has 5 nitrogen and oxygen atoms in total. The van der Waals surface area contributed by atoms with E-state index >= 15 is 0 Å². The van der Waals surface area contributed by atoms with Crippen LogP contribution < -0.4 is 20.7 Å². The van der Waals surface area contributed by atoms with E-state index in [-0.39, 0.29) is 0 Å². The lowest BCUT2D eigenvalue weighted by atomic mass is 10.2. The third kappa shape index (κ3) is 2.91. The van der Waals surface area contributed by atoms with Crippen LogP contribution in [0.4, 0.5) is 5.13 Å². The van der Waals surface area contributed by atoms with Gasteiger partial charge in [0.05, 0.1) is 12.0 Å². The van der Waals surface area contributed by atoms with Crippen molar-refractivity contribution in [2.45, 2.75) is 13.5 Å². The average molecular weight is 265 g/mol. The number of nitrogens with one attached hydrogen (secondary N) is 1. The lowest BCUT2D eigenvalue weighted by molar-refractivity contribution is 0.287. The molecule has 3 N–H and O–H groups in total. The molecule has 2 rings (SSSR count). The van der Waals surface area contributed by atoms with E-state index in [0.717, 1.165) is 21.9 Å². The van der Waals surface area contributed by atoms with E-state index in [0.29, 0.717) is 11.7 Å². The summed E-state index contributed by atoms with van der Waals surface area (Å²) < 4.78 is 11.0. The molecule has 0 saturated heterocycles. The highest BCUT2D eigenvalue weighted by atomic mass is 32.1. The van der Waals surface area contributed by atoms with Crippen molar-refractivity contribution < 1.29 is 9.47 Å². The van der Waals surface area contributed by atoms with Gasteiger partial charge in [-0.05, 0) is 24.6 Å². The maximum Gasteiger partial charge on any atom is 0.197 e. The zero-order valence-corrected chi connectivity index (χ0v) is 11.1. The molecular formula is C12H15N3O2S. The molecule has 1 heterocycles. The highest BCUT2D eigenvalue weighted by molar-refractivity contribution is 7.15. The molecule has 18 heavy (non-hydrogen) atoms. The van der Waals surface area contributed by atoms with Crippen molar-refractivity contribution in [2.24, 2.45) is 5.84 Å². The van der Waals surface area contributed by atoms with E-state index in [2.05, 4.69) is 10.4 Å². The summed E-state index contributed by atoms with van der Waals surface area (Å²) in [4.78, 5) is 5.07. The molecule has 96 valence electrons. The monoisotopic (exact) mass is 265 g/mol. The van der Waals surface area contributed by atoms with E-state index in [1.54, 1.807) is 13.3 Å². The topological polar surface area (TPSA) is 69.4 Å². The van der Waals surface area contributed by atoms with E-state index in [1.165, 1.54) is 11.3 Å². The molecule has 0 radical (unpaired) electrons. The number of hydrogen-bond donors (Lipinski definition) is 2. The minimum Gasteiger partial charge on any atom is -0.493 e. The second-order valence-electron chi connectivity index (χ2n) is 3.72. The quantitative estimate of drug-likeness (QED) is 0.641. The van der Waals surface area contributed by atoms with Gasteiger partial charge in [0.2, 0.25) is 0 Å². The summed E-state index contributed by atoms with van der Waals surface area (Å²) in [5.41, 5.74) is 3.63. The maximum absolute atomic E-state index is 5.70. The van der Waals surface area contributed by atoms with Crippen LogP contribution in [0.1, 0.15) is 10.4 Å². The SMILES string of the molecule is COc1cc(C)ccc1OCc1cnc(NN)s1. The van der Waals surface area contributed by atoms with Crippen molar-refractivity contribution in [2.75, 3.05) is 12.5 Å². The van der Waals surface area contributed by atoms with Gasteiger partial charge in [-0.3, -0.25) is 5.43 Å². The van der Waals surface area contributed by atoms with Crippen LogP contribution in [0.3, 0.4) is 0 Å². The summed E-state index contributed by atoms with van der Waals surface area (Å²) in [6.45, 7) is 2.45. The Morgan fingerprint density at radius 2 is 2.22 bits per heavy atom. The molecule has 0 fully saturated rings. The number of nitrogens with two attached hydrogens (primary N) is 1. The Labute approximate surface area is 110 Å². The van der Waals surface area contributed by atoms with E-state index in [4.69, 9.17) is 15.3 Å². The molecule has 0 aliphatic carbocycles. The van der Waals surface area contributed by atoms with Crippen molar-refractivity contribution >= 4 is 16.5 Å². The number of aryl methyl sites for hydroxylation is 1. The van der Waals surface area contributed by atoms with Crippen LogP contribution in [0.25, 0.3) is 0 Å². The number of nitrogens with zero attached hydrogens (tertiary/aromatic N) is 1. The molecule has 0 saturated carbocycles. The molecular weight excluding hydrogens is 250 g/mol. The number of nitrogen functional groups attached to an aromatic ring is 1. The molecule has 0 atom stereocenters. The highest BCUT2D eigenvalue weighted by Crippen LogP contribution is 2.29. The predicted octanol–water partition coefficient (Wildman–Crippen LogP) is 2.32. The van der Waals surface area contributed by atoms with Crippen LogP contribution in [0.5, 0.6) is 11.5 Å². The Bertz CT molecular complexity index is 528. The van der Waals surface area contributed by atoms with E-state index in [9.17, 15) is 0 Å². The minimum absolute atomic E-state index is 0.443. The number of anilines is 1. The van der Waals surface area contributed by atoms with Gasteiger partial charge in [-0.2, -0.15) is 0 Å². The summed E-state index contributed by atoms with van der Waals surface area (Å²) in [5, 5.41) is 0.671. The van der Waals surface area contributed by atoms with Gasteiger partial charge in [0.25, 0.3) is 0 Å². The largest absolute Gasteiger partial charge is 0.493 e. The van der Waals surface area contributed by atoms with Gasteiger partial charge in [-0.25, -0.2) is 10.8 Å². The lowest BCUT2D eigenvalue weighted by Gasteiger charge is -2.10. The Kier molecular flexibility index (Phi) is 4.01. The first-order valence-corrected chi connectivity index (χ1v) is 6.23. The molecule has 0 aliphatic heterocycles. The predicted molar refractivity (Wildman–Crippen MR) is 72.0 cm³/mol. The zero-order chi connectivity index (χ0) is 13.0. The molecule has 0 spiro atoms. The third-order valence-corrected chi connectivity index (χ3v) is 3.27. The summed E-state index contributed by atoms with van der Waals surface area (Å²) in [5.74, 6) is 6.72. The van der Waals surface area contributed by atoms with Gasteiger partial charge in [0, 0.05) is 6.20 Å². The molecule has 0 unspecified atom stereocenters. The summed E-state index contributed by atoms with van der Waals surface area (Å²) in [6, 6.07) is 5.82. The van der Waals surface area contributed by atoms with Gasteiger partial charge >= 0.3 is 0 Å². The van der Waals surface area contributed by atoms with Crippen LogP contribution in [0.15, 0.2) is 24.4 Å². The highest BCUT2D eigenvalue weighted by Gasteiger charge is 2.06. The summed E-state index contributed by atoms with van der Waals surface area (Å²) >= 11 is 1.46. The van der Waals surface area contributed by atoms with Crippen molar-refractivity contribution in [1.82, 2.24) is 4.98 Å². The van der Waals surface area contributed by atoms with Crippen LogP contribution in [0, 0.1) is 6.92 Å². The lowest BCUT2D eigenvalue weighted by Crippen LogP contribution is -2.05. The van der Waals surface area contributed by atoms with E-state index in [1.807, 2.05) is 25.1 Å². The first-order valence-electron chi connectivity index (χ1n) is 5.41. The maximum atomic E-state index is 5.70. The van der Waals surface area contributed by atoms with Gasteiger partial charge in [-0.15, -0.1) is 0 Å². The van der Waals surface area contributed by atoms with Crippen LogP contribution >= 0.6 is 11.3 Å². The van der Waals surface area contributed by atoms with Crippen LogP contribution in [0.2, 0.25) is 0 Å². The number of rotatable bonds is 5. The molecule has 0 aliphatic rings. The molecule has 6 heteroatoms. The Hall–Kier alpha value is -1.79. The molecule has 1 aromatic heterocycles. The second kappa shape index (κ2) is 5.70. The number of ether oxygens (including phenoxy) is 2. The number of hydrazine groups is 1. The van der Waals surface area contributed by atoms with Gasteiger partial charge in [-0.1, -0.05) is 17.4 Å². The van der Waals surface area contributed by atoms with Crippen molar-refractivity contribution in [3.8, 4) is 11.5 Å². The summed E-state index contributed by atoms with van der Waals surface area (Å²) in [6.07, 6.45) is 1.74. The smallest absolute Gasteiger partial charge is 0.197 e. The summed E-state index contributed by atoms with van der Waals surface area (Å²) in [7, 11) is 1.63. The normalized spacial score (nSPS) is 10.2. The molecule has 0 bridgehead atoms.